The molecule has 19 heavy (non-hydrogen) atoms. The molecule has 1 aromatic carbocycles. The Morgan fingerprint density at radius 2 is 2.05 bits per heavy atom. The minimum Gasteiger partial charge on any atom is -0.341 e. The van der Waals surface area contributed by atoms with E-state index in [0.29, 0.717) is 23.7 Å². The minimum atomic E-state index is -0.0889. The molecule has 1 aromatic rings. The van der Waals surface area contributed by atoms with E-state index in [2.05, 4.69) is 22.6 Å². The van der Waals surface area contributed by atoms with Gasteiger partial charge in [0, 0.05) is 22.2 Å². The summed E-state index contributed by atoms with van der Waals surface area (Å²) in [5.41, 5.74) is 6.24. The zero-order valence-corrected chi connectivity index (χ0v) is 15.0. The van der Waals surface area contributed by atoms with Gasteiger partial charge in [0.2, 0.25) is 0 Å². The first kappa shape index (κ1) is 19.0. The van der Waals surface area contributed by atoms with E-state index in [1.54, 1.807) is 24.1 Å². The number of hydrogen-bond donors (Lipinski definition) is 1. The average molecular weight is 417 g/mol. The second kappa shape index (κ2) is 7.67. The predicted octanol–water partition coefficient (Wildman–Crippen LogP) is 3.42. The molecule has 0 heterocycles. The van der Waals surface area contributed by atoms with Crippen molar-refractivity contribution in [3.8, 4) is 0 Å². The summed E-state index contributed by atoms with van der Waals surface area (Å²) in [7, 11) is 1.79. The maximum absolute atomic E-state index is 12.3. The molecule has 6 heteroatoms. The fraction of sp³-hybridized carbons (Fsp3) is 0.462. The lowest BCUT2D eigenvalue weighted by atomic mass is 9.93. The summed E-state index contributed by atoms with van der Waals surface area (Å²) in [6, 6.07) is 5.33. The second-order valence-electron chi connectivity index (χ2n) is 5.15. The Bertz CT molecular complexity index is 452. The second-order valence-corrected chi connectivity index (χ2v) is 6.75. The number of carbonyl (C=O) groups excluding carboxylic acids is 1. The molecule has 0 atom stereocenters. The topological polar surface area (TPSA) is 46.3 Å². The number of rotatable bonds is 4. The number of nitrogens with zero attached hydrogens (tertiary/aromatic N) is 1. The molecule has 0 aliphatic heterocycles. The molecule has 0 aromatic heterocycles. The van der Waals surface area contributed by atoms with Gasteiger partial charge in [0.15, 0.2) is 0 Å². The lowest BCUT2D eigenvalue weighted by molar-refractivity contribution is 0.0739. The van der Waals surface area contributed by atoms with Gasteiger partial charge in [0.25, 0.3) is 5.91 Å². The zero-order valence-electron chi connectivity index (χ0n) is 11.2. The van der Waals surface area contributed by atoms with Crippen molar-refractivity contribution in [1.29, 1.82) is 0 Å². The van der Waals surface area contributed by atoms with Crippen molar-refractivity contribution in [1.82, 2.24) is 4.90 Å². The molecule has 2 N–H and O–H groups in total. The predicted molar refractivity (Wildman–Crippen MR) is 91.2 cm³/mol. The molecule has 3 nitrogen and oxygen atoms in total. The molecule has 108 valence electrons. The van der Waals surface area contributed by atoms with Gasteiger partial charge in [-0.2, -0.15) is 0 Å². The van der Waals surface area contributed by atoms with Gasteiger partial charge in [0.05, 0.1) is 5.56 Å². The third-order valence-electron chi connectivity index (χ3n) is 2.72. The summed E-state index contributed by atoms with van der Waals surface area (Å²) in [6.45, 7) is 5.24. The van der Waals surface area contributed by atoms with Crippen molar-refractivity contribution < 1.29 is 4.79 Å². The van der Waals surface area contributed by atoms with E-state index in [9.17, 15) is 4.79 Å². The molecule has 0 aliphatic rings. The quantitative estimate of drug-likeness (QED) is 0.764. The van der Waals surface area contributed by atoms with Crippen LogP contribution in [0.25, 0.3) is 0 Å². The summed E-state index contributed by atoms with van der Waals surface area (Å²) in [6.07, 6.45) is 0. The van der Waals surface area contributed by atoms with Crippen LogP contribution in [0.15, 0.2) is 18.2 Å². The number of amides is 1. The van der Waals surface area contributed by atoms with Crippen molar-refractivity contribution in [2.24, 2.45) is 11.1 Å². The van der Waals surface area contributed by atoms with Crippen molar-refractivity contribution in [3.63, 3.8) is 0 Å². The smallest absolute Gasteiger partial charge is 0.254 e. The van der Waals surface area contributed by atoms with Crippen molar-refractivity contribution in [2.75, 3.05) is 20.1 Å². The van der Waals surface area contributed by atoms with Crippen LogP contribution in [0.4, 0.5) is 0 Å². The lowest BCUT2D eigenvalue weighted by Gasteiger charge is -2.29. The highest BCUT2D eigenvalue weighted by atomic mass is 127. The molecular weight excluding hydrogens is 398 g/mol. The minimum absolute atomic E-state index is 0. The standard InChI is InChI=1S/C13H18ClIN2O.ClH/c1-13(2,7-16)8-17(3)12(18)10-6-9(14)4-5-11(10)15;/h4-6H,7-8,16H2,1-3H3;1H. The lowest BCUT2D eigenvalue weighted by Crippen LogP contribution is -2.40. The Morgan fingerprint density at radius 1 is 1.47 bits per heavy atom. The van der Waals surface area contributed by atoms with E-state index in [0.717, 1.165) is 3.57 Å². The van der Waals surface area contributed by atoms with E-state index in [1.807, 2.05) is 19.9 Å². The number of hydrogen-bond acceptors (Lipinski definition) is 2. The first-order valence-corrected chi connectivity index (χ1v) is 7.13. The molecule has 0 fully saturated rings. The van der Waals surface area contributed by atoms with Crippen LogP contribution < -0.4 is 5.73 Å². The molecule has 0 saturated heterocycles. The van der Waals surface area contributed by atoms with E-state index in [-0.39, 0.29) is 23.7 Å². The van der Waals surface area contributed by atoms with Crippen LogP contribution in [0.5, 0.6) is 0 Å². The van der Waals surface area contributed by atoms with Gasteiger partial charge in [0.1, 0.15) is 0 Å². The summed E-state index contributed by atoms with van der Waals surface area (Å²) in [5.74, 6) is -0.0246. The van der Waals surface area contributed by atoms with Gasteiger partial charge in [-0.25, -0.2) is 0 Å². The average Bonchev–Trinajstić information content (AvgIpc) is 2.31. The Labute approximate surface area is 139 Å². The Morgan fingerprint density at radius 3 is 2.58 bits per heavy atom. The van der Waals surface area contributed by atoms with Gasteiger partial charge >= 0.3 is 0 Å². The Hall–Kier alpha value is -0.0400. The third-order valence-corrected chi connectivity index (χ3v) is 3.90. The fourth-order valence-corrected chi connectivity index (χ4v) is 2.38. The molecule has 0 bridgehead atoms. The third kappa shape index (κ3) is 5.45. The van der Waals surface area contributed by atoms with Gasteiger partial charge in [-0.05, 0) is 52.7 Å². The zero-order chi connectivity index (χ0) is 13.9. The van der Waals surface area contributed by atoms with Crippen LogP contribution >= 0.6 is 46.6 Å². The molecule has 0 aliphatic carbocycles. The van der Waals surface area contributed by atoms with E-state index >= 15 is 0 Å². The van der Waals surface area contributed by atoms with Crippen molar-refractivity contribution in [3.05, 3.63) is 32.4 Å². The number of benzene rings is 1. The normalized spacial score (nSPS) is 10.8. The summed E-state index contributed by atoms with van der Waals surface area (Å²) in [4.78, 5) is 14.0. The molecular formula is C13H19Cl2IN2O. The summed E-state index contributed by atoms with van der Waals surface area (Å²) >= 11 is 8.07. The van der Waals surface area contributed by atoms with Crippen LogP contribution in [0.2, 0.25) is 5.02 Å². The van der Waals surface area contributed by atoms with E-state index in [4.69, 9.17) is 17.3 Å². The molecule has 0 radical (unpaired) electrons. The number of halogens is 3. The number of carbonyl (C=O) groups is 1. The molecule has 0 spiro atoms. The highest BCUT2D eigenvalue weighted by Gasteiger charge is 2.23. The van der Waals surface area contributed by atoms with E-state index in [1.165, 1.54) is 0 Å². The van der Waals surface area contributed by atoms with E-state index < -0.39 is 0 Å². The molecule has 0 unspecified atom stereocenters. The molecule has 1 amide bonds. The van der Waals surface area contributed by atoms with Gasteiger partial charge in [-0.1, -0.05) is 25.4 Å². The highest BCUT2D eigenvalue weighted by Crippen LogP contribution is 2.21. The monoisotopic (exact) mass is 416 g/mol. The van der Waals surface area contributed by atoms with Crippen molar-refractivity contribution in [2.45, 2.75) is 13.8 Å². The molecule has 1 rings (SSSR count). The summed E-state index contributed by atoms with van der Waals surface area (Å²) < 4.78 is 0.902. The van der Waals surface area contributed by atoms with Gasteiger partial charge < -0.3 is 10.6 Å². The Balaban J connectivity index is 0.00000324. The van der Waals surface area contributed by atoms with Crippen LogP contribution in [0.1, 0.15) is 24.2 Å². The maximum atomic E-state index is 12.3. The molecule has 0 saturated carbocycles. The van der Waals surface area contributed by atoms with Crippen LogP contribution in [0, 0.1) is 8.99 Å². The highest BCUT2D eigenvalue weighted by molar-refractivity contribution is 14.1. The number of nitrogens with two attached hydrogens (primary N) is 1. The summed E-state index contributed by atoms with van der Waals surface area (Å²) in [5, 5.41) is 0.574. The van der Waals surface area contributed by atoms with Crippen molar-refractivity contribution >= 4 is 52.5 Å². The van der Waals surface area contributed by atoms with Crippen LogP contribution in [-0.2, 0) is 0 Å². The largest absolute Gasteiger partial charge is 0.341 e. The Kier molecular flexibility index (Phi) is 7.65. The SMILES string of the molecule is CN(CC(C)(C)CN)C(=O)c1cc(Cl)ccc1I.Cl. The van der Waals surface area contributed by atoms with Gasteiger partial charge in [-0.15, -0.1) is 12.4 Å². The maximum Gasteiger partial charge on any atom is 0.254 e. The fourth-order valence-electron chi connectivity index (χ4n) is 1.65. The first-order chi connectivity index (χ1) is 8.26. The first-order valence-electron chi connectivity index (χ1n) is 5.67. The van der Waals surface area contributed by atoms with Crippen LogP contribution in [0.3, 0.4) is 0 Å². The van der Waals surface area contributed by atoms with Crippen LogP contribution in [-0.4, -0.2) is 30.9 Å². The van der Waals surface area contributed by atoms with Gasteiger partial charge in [-0.3, -0.25) is 4.79 Å².